The van der Waals surface area contributed by atoms with Gasteiger partial charge in [0.05, 0.1) is 0 Å². The first-order valence-corrected chi connectivity index (χ1v) is 6.73. The average Bonchev–Trinajstić information content (AvgIpc) is 2.29. The maximum absolute atomic E-state index is 13.1. The molecule has 0 aliphatic heterocycles. The van der Waals surface area contributed by atoms with Crippen LogP contribution in [0.4, 0.5) is 10.1 Å². The van der Waals surface area contributed by atoms with Crippen LogP contribution in [0.15, 0.2) is 40.9 Å². The molecule has 1 nitrogen and oxygen atoms in total. The summed E-state index contributed by atoms with van der Waals surface area (Å²) in [5.74, 6) is -0.370. The molecule has 0 aliphatic carbocycles. The minimum absolute atomic E-state index is 0.359. The molecule has 0 bridgehead atoms. The van der Waals surface area contributed by atoms with Crippen LogP contribution in [0.3, 0.4) is 0 Å². The molecule has 2 rings (SSSR count). The van der Waals surface area contributed by atoms with E-state index in [0.717, 1.165) is 10.0 Å². The van der Waals surface area contributed by atoms with Gasteiger partial charge in [-0.15, -0.1) is 0 Å². The molecular weight excluding hydrogens is 340 g/mol. The molecular formula is C13H9BrCl2FN. The maximum Gasteiger partial charge on any atom is 0.126 e. The fourth-order valence-corrected chi connectivity index (χ4v) is 2.35. The number of nitrogens with one attached hydrogen (secondary N) is 1. The number of hydrogen-bond donors (Lipinski definition) is 1. The van der Waals surface area contributed by atoms with E-state index in [1.165, 1.54) is 12.1 Å². The third-order valence-corrected chi connectivity index (χ3v) is 3.43. The summed E-state index contributed by atoms with van der Waals surface area (Å²) in [6.07, 6.45) is 0. The first kappa shape index (κ1) is 13.7. The van der Waals surface area contributed by atoms with Crippen LogP contribution in [-0.2, 0) is 6.54 Å². The Morgan fingerprint density at radius 3 is 2.61 bits per heavy atom. The highest BCUT2D eigenvalue weighted by atomic mass is 79.9. The summed E-state index contributed by atoms with van der Waals surface area (Å²) >= 11 is 15.2. The Labute approximate surface area is 123 Å². The maximum atomic E-state index is 13.1. The predicted octanol–water partition coefficient (Wildman–Crippen LogP) is 5.51. The van der Waals surface area contributed by atoms with Gasteiger partial charge in [-0.2, -0.15) is 0 Å². The van der Waals surface area contributed by atoms with E-state index in [2.05, 4.69) is 21.2 Å². The number of halogens is 4. The van der Waals surface area contributed by atoms with Crippen LogP contribution < -0.4 is 5.32 Å². The minimum atomic E-state index is -0.370. The highest BCUT2D eigenvalue weighted by Crippen LogP contribution is 2.23. The molecule has 1 N–H and O–H groups in total. The lowest BCUT2D eigenvalue weighted by atomic mass is 10.2. The molecule has 0 aromatic heterocycles. The van der Waals surface area contributed by atoms with Crippen molar-refractivity contribution >= 4 is 44.8 Å². The molecule has 0 aliphatic rings. The van der Waals surface area contributed by atoms with Crippen molar-refractivity contribution in [3.05, 3.63) is 62.3 Å². The predicted molar refractivity (Wildman–Crippen MR) is 77.9 cm³/mol. The van der Waals surface area contributed by atoms with Crippen molar-refractivity contribution in [2.75, 3.05) is 5.32 Å². The smallest absolute Gasteiger partial charge is 0.126 e. The average molecular weight is 349 g/mol. The SMILES string of the molecule is Fc1cc(Cl)cc(NCc2cc(Br)ccc2Cl)c1. The van der Waals surface area contributed by atoms with E-state index < -0.39 is 0 Å². The Hall–Kier alpha value is -0.770. The van der Waals surface area contributed by atoms with Gasteiger partial charge in [0.15, 0.2) is 0 Å². The molecule has 0 saturated heterocycles. The van der Waals surface area contributed by atoms with Gasteiger partial charge in [0.1, 0.15) is 5.82 Å². The van der Waals surface area contributed by atoms with Crippen LogP contribution >= 0.6 is 39.1 Å². The Kier molecular flexibility index (Phi) is 4.49. The van der Waals surface area contributed by atoms with Gasteiger partial charge in [-0.1, -0.05) is 39.1 Å². The molecule has 0 fully saturated rings. The number of rotatable bonds is 3. The second-order valence-electron chi connectivity index (χ2n) is 3.75. The van der Waals surface area contributed by atoms with Gasteiger partial charge in [0.2, 0.25) is 0 Å². The van der Waals surface area contributed by atoms with E-state index in [1.54, 1.807) is 12.1 Å². The summed E-state index contributed by atoms with van der Waals surface area (Å²) in [5.41, 5.74) is 1.54. The Morgan fingerprint density at radius 1 is 1.11 bits per heavy atom. The Balaban J connectivity index is 2.13. The van der Waals surface area contributed by atoms with Gasteiger partial charge in [-0.05, 0) is 42.0 Å². The zero-order valence-electron chi connectivity index (χ0n) is 9.18. The number of hydrogen-bond acceptors (Lipinski definition) is 1. The van der Waals surface area contributed by atoms with Gasteiger partial charge in [0.25, 0.3) is 0 Å². The summed E-state index contributed by atoms with van der Waals surface area (Å²) < 4.78 is 14.1. The standard InChI is InChI=1S/C13H9BrCl2FN/c14-9-1-2-13(16)8(3-9)7-18-12-5-10(15)4-11(17)6-12/h1-6,18H,7H2. The third-order valence-electron chi connectivity index (χ3n) is 2.35. The summed E-state index contributed by atoms with van der Waals surface area (Å²) in [6, 6.07) is 9.90. The number of anilines is 1. The van der Waals surface area contributed by atoms with Gasteiger partial charge in [0, 0.05) is 26.8 Å². The molecule has 0 unspecified atom stereocenters. The van der Waals surface area contributed by atoms with Crippen LogP contribution in [0.2, 0.25) is 10.0 Å². The fraction of sp³-hybridized carbons (Fsp3) is 0.0769. The Bertz CT molecular complexity index is 555. The van der Waals surface area contributed by atoms with Crippen molar-refractivity contribution < 1.29 is 4.39 Å². The third kappa shape index (κ3) is 3.61. The van der Waals surface area contributed by atoms with E-state index in [9.17, 15) is 4.39 Å². The van der Waals surface area contributed by atoms with Crippen LogP contribution in [-0.4, -0.2) is 0 Å². The molecule has 0 heterocycles. The zero-order chi connectivity index (χ0) is 13.1. The van der Waals surface area contributed by atoms with E-state index in [-0.39, 0.29) is 5.82 Å². The summed E-state index contributed by atoms with van der Waals surface area (Å²) in [7, 11) is 0. The van der Waals surface area contributed by atoms with Crippen molar-refractivity contribution in [2.24, 2.45) is 0 Å². The zero-order valence-corrected chi connectivity index (χ0v) is 12.3. The molecule has 5 heteroatoms. The molecule has 2 aromatic carbocycles. The monoisotopic (exact) mass is 347 g/mol. The quantitative estimate of drug-likeness (QED) is 0.771. The van der Waals surface area contributed by atoms with E-state index >= 15 is 0 Å². The molecule has 0 amide bonds. The van der Waals surface area contributed by atoms with Crippen LogP contribution in [0, 0.1) is 5.82 Å². The molecule has 0 radical (unpaired) electrons. The second-order valence-corrected chi connectivity index (χ2v) is 5.51. The van der Waals surface area contributed by atoms with E-state index in [1.807, 2.05) is 12.1 Å². The first-order chi connectivity index (χ1) is 8.54. The number of benzene rings is 2. The molecule has 0 atom stereocenters. The van der Waals surface area contributed by atoms with Gasteiger partial charge >= 0.3 is 0 Å². The summed E-state index contributed by atoms with van der Waals surface area (Å²) in [4.78, 5) is 0. The lowest BCUT2D eigenvalue weighted by Crippen LogP contribution is -2.00. The van der Waals surface area contributed by atoms with Gasteiger partial charge < -0.3 is 5.32 Å². The van der Waals surface area contributed by atoms with Gasteiger partial charge in [-0.25, -0.2) is 4.39 Å². The lowest BCUT2D eigenvalue weighted by Gasteiger charge is -2.09. The molecule has 0 saturated carbocycles. The highest BCUT2D eigenvalue weighted by molar-refractivity contribution is 9.10. The molecule has 2 aromatic rings. The first-order valence-electron chi connectivity index (χ1n) is 5.18. The minimum Gasteiger partial charge on any atom is -0.381 e. The van der Waals surface area contributed by atoms with Crippen LogP contribution in [0.25, 0.3) is 0 Å². The normalized spacial score (nSPS) is 10.4. The van der Waals surface area contributed by atoms with Crippen molar-refractivity contribution in [1.29, 1.82) is 0 Å². The Morgan fingerprint density at radius 2 is 1.89 bits per heavy atom. The van der Waals surface area contributed by atoms with Gasteiger partial charge in [-0.3, -0.25) is 0 Å². The van der Waals surface area contributed by atoms with Crippen molar-refractivity contribution in [3.63, 3.8) is 0 Å². The van der Waals surface area contributed by atoms with Crippen molar-refractivity contribution in [1.82, 2.24) is 0 Å². The largest absolute Gasteiger partial charge is 0.381 e. The van der Waals surface area contributed by atoms with Crippen LogP contribution in [0.5, 0.6) is 0 Å². The fourth-order valence-electron chi connectivity index (χ4n) is 1.53. The summed E-state index contributed by atoms with van der Waals surface area (Å²) in [6.45, 7) is 0.498. The van der Waals surface area contributed by atoms with Crippen LogP contribution in [0.1, 0.15) is 5.56 Å². The van der Waals surface area contributed by atoms with E-state index in [4.69, 9.17) is 23.2 Å². The van der Waals surface area contributed by atoms with Crippen molar-refractivity contribution in [2.45, 2.75) is 6.54 Å². The highest BCUT2D eigenvalue weighted by Gasteiger charge is 2.03. The topological polar surface area (TPSA) is 12.0 Å². The summed E-state index contributed by atoms with van der Waals surface area (Å²) in [5, 5.41) is 4.10. The van der Waals surface area contributed by atoms with Crippen molar-refractivity contribution in [3.8, 4) is 0 Å². The lowest BCUT2D eigenvalue weighted by molar-refractivity contribution is 0.628. The molecule has 94 valence electrons. The van der Waals surface area contributed by atoms with E-state index in [0.29, 0.717) is 22.3 Å². The second kappa shape index (κ2) is 5.91. The molecule has 0 spiro atoms. The molecule has 18 heavy (non-hydrogen) atoms.